The van der Waals surface area contributed by atoms with Crippen molar-refractivity contribution in [3.05, 3.63) is 15.9 Å². The van der Waals surface area contributed by atoms with Crippen LogP contribution in [0.3, 0.4) is 0 Å². The molecule has 0 aromatic carbocycles. The summed E-state index contributed by atoms with van der Waals surface area (Å²) < 4.78 is 27.0. The predicted octanol–water partition coefficient (Wildman–Crippen LogP) is 1.81. The quantitative estimate of drug-likeness (QED) is 0.866. The molecule has 1 heterocycles. The molecular weight excluding hydrogens is 314 g/mol. The van der Waals surface area contributed by atoms with Gasteiger partial charge in [-0.25, -0.2) is 13.1 Å². The number of aliphatic hydroxyl groups excluding tert-OH is 1. The molecule has 0 spiro atoms. The molecule has 0 amide bonds. The molecule has 0 unspecified atom stereocenters. The molecule has 0 fully saturated rings. The van der Waals surface area contributed by atoms with Gasteiger partial charge in [0.15, 0.2) is 0 Å². The molecule has 1 aromatic heterocycles. The van der Waals surface area contributed by atoms with E-state index in [1.165, 1.54) is 0 Å². The number of halogens is 1. The number of rotatable bonds is 5. The summed E-state index contributed by atoms with van der Waals surface area (Å²) in [7, 11) is -3.48. The third-order valence-corrected chi connectivity index (χ3v) is 6.07. The van der Waals surface area contributed by atoms with E-state index in [0.29, 0.717) is 4.47 Å². The van der Waals surface area contributed by atoms with Crippen molar-refractivity contribution in [1.29, 1.82) is 0 Å². The molecule has 0 saturated heterocycles. The number of hydrogen-bond donors (Lipinski definition) is 2. The smallest absolute Gasteiger partial charge is 0.251 e. The first-order valence-electron chi connectivity index (χ1n) is 4.62. The Morgan fingerprint density at radius 1 is 1.56 bits per heavy atom. The van der Waals surface area contributed by atoms with E-state index in [2.05, 4.69) is 20.7 Å². The van der Waals surface area contributed by atoms with Gasteiger partial charge in [-0.3, -0.25) is 0 Å². The van der Waals surface area contributed by atoms with Crippen LogP contribution in [0.1, 0.15) is 13.8 Å². The monoisotopic (exact) mass is 327 g/mol. The average molecular weight is 328 g/mol. The molecule has 0 radical (unpaired) electrons. The molecule has 0 bridgehead atoms. The lowest BCUT2D eigenvalue weighted by Gasteiger charge is -2.21. The lowest BCUT2D eigenvalue weighted by molar-refractivity contribution is 0.163. The fourth-order valence-corrected chi connectivity index (χ4v) is 4.51. The summed E-state index contributed by atoms with van der Waals surface area (Å²) in [6.45, 7) is 3.72. The Bertz CT molecular complexity index is 453. The fraction of sp³-hybridized carbons (Fsp3) is 0.556. The van der Waals surface area contributed by atoms with Crippen molar-refractivity contribution < 1.29 is 13.5 Å². The molecule has 1 aromatic rings. The molecule has 2 N–H and O–H groups in total. The van der Waals surface area contributed by atoms with Crippen LogP contribution < -0.4 is 4.72 Å². The number of nitrogens with one attached hydrogen (secondary N) is 1. The van der Waals surface area contributed by atoms with Crippen LogP contribution in [0.25, 0.3) is 0 Å². The minimum absolute atomic E-state index is 0.0683. The standard InChI is InChI=1S/C9H14BrNO3S2/c1-9(2,6-12)5-11-16(13,14)8-7(10)3-4-15-8/h3-4,11-12H,5-6H2,1-2H3. The van der Waals surface area contributed by atoms with Gasteiger partial charge < -0.3 is 5.11 Å². The van der Waals surface area contributed by atoms with Crippen LogP contribution in [0.4, 0.5) is 0 Å². The highest BCUT2D eigenvalue weighted by Gasteiger charge is 2.23. The van der Waals surface area contributed by atoms with Crippen molar-refractivity contribution in [3.63, 3.8) is 0 Å². The SMILES string of the molecule is CC(C)(CO)CNS(=O)(=O)c1sccc1Br. The molecule has 0 saturated carbocycles. The largest absolute Gasteiger partial charge is 0.396 e. The van der Waals surface area contributed by atoms with Crippen LogP contribution in [0.15, 0.2) is 20.1 Å². The Labute approximate surface area is 108 Å². The minimum atomic E-state index is -3.48. The Morgan fingerprint density at radius 3 is 2.62 bits per heavy atom. The summed E-state index contributed by atoms with van der Waals surface area (Å²) in [6, 6.07) is 1.69. The van der Waals surface area contributed by atoms with E-state index in [1.54, 1.807) is 25.3 Å². The Morgan fingerprint density at radius 2 is 2.19 bits per heavy atom. The van der Waals surface area contributed by atoms with Crippen molar-refractivity contribution >= 4 is 37.3 Å². The maximum absolute atomic E-state index is 11.9. The second kappa shape index (κ2) is 5.14. The van der Waals surface area contributed by atoms with E-state index in [9.17, 15) is 8.42 Å². The van der Waals surface area contributed by atoms with E-state index >= 15 is 0 Å². The maximum atomic E-state index is 11.9. The first-order chi connectivity index (χ1) is 7.28. The van der Waals surface area contributed by atoms with Crippen LogP contribution in [0.2, 0.25) is 0 Å². The lowest BCUT2D eigenvalue weighted by Crippen LogP contribution is -2.35. The topological polar surface area (TPSA) is 66.4 Å². The molecule has 0 aliphatic heterocycles. The van der Waals surface area contributed by atoms with Gasteiger partial charge in [0.25, 0.3) is 10.0 Å². The lowest BCUT2D eigenvalue weighted by atomic mass is 9.96. The van der Waals surface area contributed by atoms with E-state index in [4.69, 9.17) is 5.11 Å². The second-order valence-corrected chi connectivity index (χ2v) is 7.94. The summed E-state index contributed by atoms with van der Waals surface area (Å²) in [6.07, 6.45) is 0. The van der Waals surface area contributed by atoms with Gasteiger partial charge in [-0.15, -0.1) is 11.3 Å². The Hall–Kier alpha value is 0.0500. The summed E-state index contributed by atoms with van der Waals surface area (Å²) in [5, 5.41) is 10.7. The van der Waals surface area contributed by atoms with Crippen molar-refractivity contribution in [1.82, 2.24) is 4.72 Å². The second-order valence-electron chi connectivity index (χ2n) is 4.20. The normalized spacial score (nSPS) is 13.0. The van der Waals surface area contributed by atoms with E-state index < -0.39 is 15.4 Å². The van der Waals surface area contributed by atoms with Gasteiger partial charge in [0.05, 0.1) is 0 Å². The predicted molar refractivity (Wildman–Crippen MR) is 68.1 cm³/mol. The summed E-state index contributed by atoms with van der Waals surface area (Å²) in [4.78, 5) is 0. The molecule has 0 aliphatic rings. The molecule has 7 heteroatoms. The molecule has 92 valence electrons. The van der Waals surface area contributed by atoms with Crippen LogP contribution in [0.5, 0.6) is 0 Å². The van der Waals surface area contributed by atoms with Crippen molar-refractivity contribution in [2.75, 3.05) is 13.2 Å². The average Bonchev–Trinajstić information content (AvgIpc) is 2.63. The van der Waals surface area contributed by atoms with Crippen molar-refractivity contribution in [2.45, 2.75) is 18.1 Å². The van der Waals surface area contributed by atoms with Gasteiger partial charge in [0.2, 0.25) is 0 Å². The van der Waals surface area contributed by atoms with Crippen LogP contribution in [-0.4, -0.2) is 26.7 Å². The molecule has 0 atom stereocenters. The van der Waals surface area contributed by atoms with Crippen LogP contribution in [0, 0.1) is 5.41 Å². The van der Waals surface area contributed by atoms with Gasteiger partial charge in [-0.1, -0.05) is 13.8 Å². The van der Waals surface area contributed by atoms with Gasteiger partial charge in [0, 0.05) is 23.0 Å². The molecule has 4 nitrogen and oxygen atoms in total. The van der Waals surface area contributed by atoms with Crippen molar-refractivity contribution in [2.24, 2.45) is 5.41 Å². The number of hydrogen-bond acceptors (Lipinski definition) is 4. The number of thiophene rings is 1. The van der Waals surface area contributed by atoms with Gasteiger partial charge in [0.1, 0.15) is 4.21 Å². The summed E-state index contributed by atoms with van der Waals surface area (Å²) >= 11 is 4.34. The molecule has 1 rings (SSSR count). The van der Waals surface area contributed by atoms with E-state index in [-0.39, 0.29) is 17.4 Å². The minimum Gasteiger partial charge on any atom is -0.396 e. The number of aliphatic hydroxyl groups is 1. The summed E-state index contributed by atoms with van der Waals surface area (Å²) in [5.74, 6) is 0. The Balaban J connectivity index is 2.79. The third kappa shape index (κ3) is 3.53. The van der Waals surface area contributed by atoms with Gasteiger partial charge >= 0.3 is 0 Å². The highest BCUT2D eigenvalue weighted by Crippen LogP contribution is 2.27. The number of sulfonamides is 1. The zero-order chi connectivity index (χ0) is 12.4. The van der Waals surface area contributed by atoms with Gasteiger partial charge in [-0.05, 0) is 27.4 Å². The maximum Gasteiger partial charge on any atom is 0.251 e. The highest BCUT2D eigenvalue weighted by molar-refractivity contribution is 9.10. The van der Waals surface area contributed by atoms with Crippen molar-refractivity contribution in [3.8, 4) is 0 Å². The molecular formula is C9H14BrNO3S2. The van der Waals surface area contributed by atoms with Crippen LogP contribution >= 0.6 is 27.3 Å². The molecule has 16 heavy (non-hydrogen) atoms. The van der Waals surface area contributed by atoms with Crippen LogP contribution in [-0.2, 0) is 10.0 Å². The summed E-state index contributed by atoms with van der Waals surface area (Å²) in [5.41, 5.74) is -0.462. The Kier molecular flexibility index (Phi) is 4.53. The van der Waals surface area contributed by atoms with E-state index in [0.717, 1.165) is 11.3 Å². The zero-order valence-corrected chi connectivity index (χ0v) is 12.2. The zero-order valence-electron chi connectivity index (χ0n) is 9.03. The fourth-order valence-electron chi connectivity index (χ4n) is 0.883. The van der Waals surface area contributed by atoms with E-state index in [1.807, 2.05) is 0 Å². The first kappa shape index (κ1) is 14.1. The highest BCUT2D eigenvalue weighted by atomic mass is 79.9. The first-order valence-corrected chi connectivity index (χ1v) is 7.78. The molecule has 0 aliphatic carbocycles. The third-order valence-electron chi connectivity index (χ3n) is 2.00. The van der Waals surface area contributed by atoms with Gasteiger partial charge in [-0.2, -0.15) is 0 Å².